The second-order valence-electron chi connectivity index (χ2n) is 7.62. The number of sulfonamides is 1. The van der Waals surface area contributed by atoms with Crippen molar-refractivity contribution in [3.05, 3.63) is 83.4 Å². The number of hydrogen-bond acceptors (Lipinski definition) is 6. The highest BCUT2D eigenvalue weighted by atomic mass is 32.2. The number of fused-ring (bicyclic) bond motifs is 1. The average molecular weight is 470 g/mol. The molecule has 0 atom stereocenters. The Morgan fingerprint density at radius 3 is 2.45 bits per heavy atom. The van der Waals surface area contributed by atoms with E-state index >= 15 is 0 Å². The van der Waals surface area contributed by atoms with Crippen LogP contribution in [0.2, 0.25) is 0 Å². The summed E-state index contributed by atoms with van der Waals surface area (Å²) in [6, 6.07) is 20.5. The van der Waals surface area contributed by atoms with Gasteiger partial charge in [-0.25, -0.2) is 8.42 Å². The lowest BCUT2D eigenvalue weighted by Gasteiger charge is -2.21. The summed E-state index contributed by atoms with van der Waals surface area (Å²) in [4.78, 5) is 0.0650. The highest BCUT2D eigenvalue weighted by molar-refractivity contribution is 7.89. The van der Waals surface area contributed by atoms with E-state index in [0.717, 1.165) is 16.7 Å². The number of benzene rings is 3. The van der Waals surface area contributed by atoms with Crippen molar-refractivity contribution < 1.29 is 27.4 Å². The van der Waals surface area contributed by atoms with Gasteiger partial charge in [0, 0.05) is 24.7 Å². The Morgan fingerprint density at radius 1 is 0.909 bits per heavy atom. The van der Waals surface area contributed by atoms with E-state index in [-0.39, 0.29) is 30.3 Å². The first kappa shape index (κ1) is 23.1. The van der Waals surface area contributed by atoms with Crippen LogP contribution in [0.5, 0.6) is 17.2 Å². The molecule has 0 radical (unpaired) electrons. The van der Waals surface area contributed by atoms with Gasteiger partial charge in [0.25, 0.3) is 0 Å². The van der Waals surface area contributed by atoms with Crippen molar-refractivity contribution in [2.75, 3.05) is 27.4 Å². The molecule has 0 spiro atoms. The van der Waals surface area contributed by atoms with Gasteiger partial charge in [0.1, 0.15) is 28.8 Å². The maximum atomic E-state index is 13.5. The van der Waals surface area contributed by atoms with Gasteiger partial charge in [-0.15, -0.1) is 0 Å². The summed E-state index contributed by atoms with van der Waals surface area (Å²) in [5, 5.41) is 0. The molecule has 7 nitrogen and oxygen atoms in total. The van der Waals surface area contributed by atoms with Crippen LogP contribution in [0, 0.1) is 0 Å². The van der Waals surface area contributed by atoms with Crippen LogP contribution in [0.4, 0.5) is 0 Å². The van der Waals surface area contributed by atoms with Crippen LogP contribution in [-0.4, -0.2) is 40.1 Å². The van der Waals surface area contributed by atoms with Crippen LogP contribution in [0.3, 0.4) is 0 Å². The van der Waals surface area contributed by atoms with Gasteiger partial charge in [0.15, 0.2) is 0 Å². The lowest BCUT2D eigenvalue weighted by Crippen LogP contribution is -2.32. The van der Waals surface area contributed by atoms with E-state index in [1.54, 1.807) is 12.1 Å². The molecule has 3 aromatic carbocycles. The highest BCUT2D eigenvalue weighted by Gasteiger charge is 2.31. The third-order valence-corrected chi connectivity index (χ3v) is 7.31. The zero-order chi connectivity index (χ0) is 23.3. The Morgan fingerprint density at radius 2 is 1.70 bits per heavy atom. The van der Waals surface area contributed by atoms with E-state index in [4.69, 9.17) is 18.9 Å². The molecule has 1 heterocycles. The molecule has 4 rings (SSSR count). The molecular formula is C25H27NO6S. The Balaban J connectivity index is 1.54. The highest BCUT2D eigenvalue weighted by Crippen LogP contribution is 2.33. The fourth-order valence-electron chi connectivity index (χ4n) is 3.70. The Kier molecular flexibility index (Phi) is 7.17. The molecule has 0 bridgehead atoms. The molecule has 0 unspecified atom stereocenters. The van der Waals surface area contributed by atoms with Gasteiger partial charge in [0.2, 0.25) is 10.0 Å². The second kappa shape index (κ2) is 10.2. The number of ether oxygens (including phenoxy) is 4. The molecule has 0 aromatic heterocycles. The third-order valence-electron chi connectivity index (χ3n) is 5.44. The standard InChI is InChI=1S/C25H27NO6S/c1-29-22-9-11-24(30-2)25(15-22)33(27,28)26-12-13-32-23-10-8-20(14-21(23)16-26)18-31-17-19-6-4-3-5-7-19/h3-11,14-15H,12-13,16-18H2,1-2H3. The SMILES string of the molecule is COc1ccc(OC)c(S(=O)(=O)N2CCOc3ccc(COCc4ccccc4)cc3C2)c1. The van der Waals surface area contributed by atoms with Gasteiger partial charge >= 0.3 is 0 Å². The van der Waals surface area contributed by atoms with E-state index in [0.29, 0.717) is 24.7 Å². The summed E-state index contributed by atoms with van der Waals surface area (Å²) in [6.07, 6.45) is 0. The molecule has 174 valence electrons. The lowest BCUT2D eigenvalue weighted by atomic mass is 10.1. The Hall–Kier alpha value is -3.07. The van der Waals surface area contributed by atoms with E-state index < -0.39 is 10.0 Å². The maximum absolute atomic E-state index is 13.5. The summed E-state index contributed by atoms with van der Waals surface area (Å²) in [6.45, 7) is 1.58. The maximum Gasteiger partial charge on any atom is 0.247 e. The predicted octanol–water partition coefficient (Wildman–Crippen LogP) is 4.00. The molecule has 0 N–H and O–H groups in total. The van der Waals surface area contributed by atoms with Crippen molar-refractivity contribution >= 4 is 10.0 Å². The molecule has 1 aliphatic heterocycles. The molecule has 3 aromatic rings. The minimum atomic E-state index is -3.85. The van der Waals surface area contributed by atoms with Crippen LogP contribution in [-0.2, 0) is 34.5 Å². The van der Waals surface area contributed by atoms with E-state index in [2.05, 4.69) is 0 Å². The van der Waals surface area contributed by atoms with Gasteiger partial charge in [-0.1, -0.05) is 36.4 Å². The number of hydrogen-bond donors (Lipinski definition) is 0. The van der Waals surface area contributed by atoms with Crippen molar-refractivity contribution in [2.45, 2.75) is 24.7 Å². The van der Waals surface area contributed by atoms with Crippen molar-refractivity contribution in [3.63, 3.8) is 0 Å². The van der Waals surface area contributed by atoms with Crippen molar-refractivity contribution in [1.82, 2.24) is 4.31 Å². The topological polar surface area (TPSA) is 74.3 Å². The molecule has 0 saturated carbocycles. The van der Waals surface area contributed by atoms with Crippen LogP contribution in [0.15, 0.2) is 71.6 Å². The molecule has 0 saturated heterocycles. The van der Waals surface area contributed by atoms with E-state index in [1.807, 2.05) is 48.5 Å². The molecule has 1 aliphatic rings. The smallest absolute Gasteiger partial charge is 0.247 e. The summed E-state index contributed by atoms with van der Waals surface area (Å²) in [5.74, 6) is 1.39. The summed E-state index contributed by atoms with van der Waals surface area (Å²) in [7, 11) is -0.909. The number of nitrogens with zero attached hydrogens (tertiary/aromatic N) is 1. The van der Waals surface area contributed by atoms with Gasteiger partial charge in [-0.05, 0) is 35.4 Å². The Bertz CT molecular complexity index is 1200. The van der Waals surface area contributed by atoms with Gasteiger partial charge in [0.05, 0.1) is 27.4 Å². The largest absolute Gasteiger partial charge is 0.497 e. The Labute approximate surface area is 194 Å². The van der Waals surface area contributed by atoms with Crippen LogP contribution in [0.25, 0.3) is 0 Å². The van der Waals surface area contributed by atoms with Gasteiger partial charge < -0.3 is 18.9 Å². The van der Waals surface area contributed by atoms with Crippen LogP contribution < -0.4 is 14.2 Å². The molecule has 33 heavy (non-hydrogen) atoms. The normalized spacial score (nSPS) is 14.1. The summed E-state index contributed by atoms with van der Waals surface area (Å²) >= 11 is 0. The predicted molar refractivity (Wildman–Crippen MR) is 124 cm³/mol. The minimum Gasteiger partial charge on any atom is -0.497 e. The van der Waals surface area contributed by atoms with Gasteiger partial charge in [-0.3, -0.25) is 0 Å². The van der Waals surface area contributed by atoms with Crippen molar-refractivity contribution in [1.29, 1.82) is 0 Å². The van der Waals surface area contributed by atoms with E-state index in [9.17, 15) is 8.42 Å². The zero-order valence-corrected chi connectivity index (χ0v) is 19.5. The van der Waals surface area contributed by atoms with Crippen molar-refractivity contribution in [3.8, 4) is 17.2 Å². The fraction of sp³-hybridized carbons (Fsp3) is 0.280. The molecule has 0 aliphatic carbocycles. The molecular weight excluding hydrogens is 442 g/mol. The molecule has 0 amide bonds. The molecule has 0 fully saturated rings. The quantitative estimate of drug-likeness (QED) is 0.496. The van der Waals surface area contributed by atoms with Crippen LogP contribution in [0.1, 0.15) is 16.7 Å². The monoisotopic (exact) mass is 469 g/mol. The number of rotatable bonds is 8. The first-order chi connectivity index (χ1) is 16.0. The van der Waals surface area contributed by atoms with Crippen LogP contribution >= 0.6 is 0 Å². The first-order valence-corrected chi connectivity index (χ1v) is 12.0. The average Bonchev–Trinajstić information content (AvgIpc) is 3.07. The fourth-order valence-corrected chi connectivity index (χ4v) is 5.28. The first-order valence-electron chi connectivity index (χ1n) is 10.6. The minimum absolute atomic E-state index is 0.0650. The summed E-state index contributed by atoms with van der Waals surface area (Å²) in [5.41, 5.74) is 2.84. The van der Waals surface area contributed by atoms with E-state index in [1.165, 1.54) is 24.6 Å². The zero-order valence-electron chi connectivity index (χ0n) is 18.7. The number of methoxy groups -OCH3 is 2. The van der Waals surface area contributed by atoms with Crippen molar-refractivity contribution in [2.24, 2.45) is 0 Å². The van der Waals surface area contributed by atoms with Gasteiger partial charge in [-0.2, -0.15) is 4.31 Å². The lowest BCUT2D eigenvalue weighted by molar-refractivity contribution is 0.107. The second-order valence-corrected chi connectivity index (χ2v) is 9.53. The summed E-state index contributed by atoms with van der Waals surface area (Å²) < 4.78 is 50.7. The third kappa shape index (κ3) is 5.30. The molecule has 8 heteroatoms.